The smallest absolute Gasteiger partial charge is 0.274 e. The summed E-state index contributed by atoms with van der Waals surface area (Å²) in [5.41, 5.74) is 4.27. The molecule has 0 spiro atoms. The Balaban J connectivity index is 1.72. The highest BCUT2D eigenvalue weighted by Gasteiger charge is 2.10. The fourth-order valence-electron chi connectivity index (χ4n) is 2.53. The average Bonchev–Trinajstić information content (AvgIpc) is 2.62. The van der Waals surface area contributed by atoms with Crippen molar-refractivity contribution in [3.05, 3.63) is 83.2 Å². The molecule has 0 unspecified atom stereocenters. The van der Waals surface area contributed by atoms with E-state index in [1.807, 2.05) is 32.0 Å². The number of rotatable bonds is 4. The maximum atomic E-state index is 13.2. The van der Waals surface area contributed by atoms with Gasteiger partial charge in [-0.1, -0.05) is 18.2 Å². The first-order valence-corrected chi connectivity index (χ1v) is 8.00. The second kappa shape index (κ2) is 7.31. The third kappa shape index (κ3) is 3.85. The number of amides is 1. The summed E-state index contributed by atoms with van der Waals surface area (Å²) < 4.78 is 26.1. The summed E-state index contributed by atoms with van der Waals surface area (Å²) in [6.07, 6.45) is 1.55. The molecule has 0 aliphatic heterocycles. The zero-order chi connectivity index (χ0) is 18.7. The second-order valence-corrected chi connectivity index (χ2v) is 5.91. The molecule has 0 fully saturated rings. The molecule has 0 aliphatic rings. The van der Waals surface area contributed by atoms with Crippen LogP contribution in [0.4, 0.5) is 25.8 Å². The quantitative estimate of drug-likeness (QED) is 0.696. The summed E-state index contributed by atoms with van der Waals surface area (Å²) in [6.45, 7) is 4.01. The number of anilines is 3. The second-order valence-electron chi connectivity index (χ2n) is 5.91. The molecule has 0 aliphatic carbocycles. The van der Waals surface area contributed by atoms with Gasteiger partial charge in [-0.05, 0) is 49.2 Å². The Morgan fingerprint density at radius 1 is 0.923 bits per heavy atom. The maximum absolute atomic E-state index is 13.2. The van der Waals surface area contributed by atoms with E-state index in [9.17, 15) is 13.6 Å². The zero-order valence-corrected chi connectivity index (χ0v) is 14.3. The highest BCUT2D eigenvalue weighted by molar-refractivity contribution is 6.02. The lowest BCUT2D eigenvalue weighted by atomic mass is 10.1. The molecule has 0 atom stereocenters. The molecule has 26 heavy (non-hydrogen) atoms. The molecule has 132 valence electrons. The summed E-state index contributed by atoms with van der Waals surface area (Å²) in [4.78, 5) is 16.3. The molecule has 0 saturated heterocycles. The van der Waals surface area contributed by atoms with Crippen LogP contribution in [0.3, 0.4) is 0 Å². The summed E-state index contributed by atoms with van der Waals surface area (Å²) in [7, 11) is 0. The van der Waals surface area contributed by atoms with Gasteiger partial charge < -0.3 is 10.6 Å². The topological polar surface area (TPSA) is 54.0 Å². The number of hydrogen-bond acceptors (Lipinski definition) is 3. The third-order valence-corrected chi connectivity index (χ3v) is 3.92. The lowest BCUT2D eigenvalue weighted by Gasteiger charge is -2.12. The van der Waals surface area contributed by atoms with Crippen molar-refractivity contribution in [3.8, 4) is 0 Å². The molecule has 1 heterocycles. The van der Waals surface area contributed by atoms with Gasteiger partial charge in [0.25, 0.3) is 5.91 Å². The summed E-state index contributed by atoms with van der Waals surface area (Å²) >= 11 is 0. The number of aryl methyl sites for hydroxylation is 2. The van der Waals surface area contributed by atoms with Gasteiger partial charge in [-0.15, -0.1) is 0 Å². The number of carbonyl (C=O) groups is 1. The van der Waals surface area contributed by atoms with Crippen molar-refractivity contribution in [1.82, 2.24) is 4.98 Å². The molecule has 4 nitrogen and oxygen atoms in total. The van der Waals surface area contributed by atoms with Crippen molar-refractivity contribution in [3.63, 3.8) is 0 Å². The van der Waals surface area contributed by atoms with E-state index in [-0.39, 0.29) is 11.4 Å². The van der Waals surface area contributed by atoms with Gasteiger partial charge in [0.05, 0.1) is 11.9 Å². The van der Waals surface area contributed by atoms with E-state index in [0.717, 1.165) is 34.6 Å². The van der Waals surface area contributed by atoms with Crippen LogP contribution in [0.5, 0.6) is 0 Å². The molecule has 0 bridgehead atoms. The predicted octanol–water partition coefficient (Wildman–Crippen LogP) is 4.97. The van der Waals surface area contributed by atoms with Crippen molar-refractivity contribution >= 4 is 23.0 Å². The Bertz CT molecular complexity index is 936. The van der Waals surface area contributed by atoms with Crippen molar-refractivity contribution < 1.29 is 13.6 Å². The van der Waals surface area contributed by atoms with E-state index in [1.54, 1.807) is 18.3 Å². The molecule has 3 rings (SSSR count). The van der Waals surface area contributed by atoms with Crippen LogP contribution in [0.1, 0.15) is 21.6 Å². The Morgan fingerprint density at radius 3 is 2.23 bits per heavy atom. The van der Waals surface area contributed by atoms with Gasteiger partial charge in [0.15, 0.2) is 11.6 Å². The van der Waals surface area contributed by atoms with Crippen LogP contribution in [0.25, 0.3) is 0 Å². The van der Waals surface area contributed by atoms with E-state index in [1.165, 1.54) is 6.07 Å². The van der Waals surface area contributed by atoms with Crippen LogP contribution in [-0.4, -0.2) is 10.9 Å². The van der Waals surface area contributed by atoms with Gasteiger partial charge >= 0.3 is 0 Å². The van der Waals surface area contributed by atoms with E-state index < -0.39 is 17.5 Å². The zero-order valence-electron chi connectivity index (χ0n) is 14.3. The lowest BCUT2D eigenvalue weighted by molar-refractivity contribution is 0.102. The van der Waals surface area contributed by atoms with Gasteiger partial charge in [-0.25, -0.2) is 13.8 Å². The number of hydrogen-bond donors (Lipinski definition) is 2. The molecule has 2 N–H and O–H groups in total. The first-order chi connectivity index (χ1) is 12.4. The SMILES string of the molecule is Cc1cccc(C)c1Nc1ccc(C(=O)Nc2ccc(F)c(F)c2)nc1. The van der Waals surface area contributed by atoms with Crippen LogP contribution in [0, 0.1) is 25.5 Å². The highest BCUT2D eigenvalue weighted by Crippen LogP contribution is 2.24. The average molecular weight is 353 g/mol. The lowest BCUT2D eigenvalue weighted by Crippen LogP contribution is -2.14. The molecular weight excluding hydrogens is 336 g/mol. The van der Waals surface area contributed by atoms with Gasteiger partial charge in [0.1, 0.15) is 5.69 Å². The highest BCUT2D eigenvalue weighted by atomic mass is 19.2. The molecule has 1 aromatic heterocycles. The molecule has 0 radical (unpaired) electrons. The number of aromatic nitrogens is 1. The van der Waals surface area contributed by atoms with Crippen LogP contribution in [0.15, 0.2) is 54.7 Å². The predicted molar refractivity (Wildman–Crippen MR) is 97.7 cm³/mol. The number of nitrogens with zero attached hydrogens (tertiary/aromatic N) is 1. The molecule has 2 aromatic carbocycles. The van der Waals surface area contributed by atoms with E-state index in [4.69, 9.17) is 0 Å². The number of para-hydroxylation sites is 1. The number of carbonyl (C=O) groups excluding carboxylic acids is 1. The molecular formula is C20H17F2N3O. The van der Waals surface area contributed by atoms with Gasteiger partial charge in [0, 0.05) is 17.4 Å². The first kappa shape index (κ1) is 17.5. The number of benzene rings is 2. The monoisotopic (exact) mass is 353 g/mol. The normalized spacial score (nSPS) is 10.5. The molecule has 3 aromatic rings. The number of pyridine rings is 1. The fourth-order valence-corrected chi connectivity index (χ4v) is 2.53. The summed E-state index contributed by atoms with van der Waals surface area (Å²) in [6, 6.07) is 12.5. The minimum Gasteiger partial charge on any atom is -0.354 e. The van der Waals surface area contributed by atoms with Crippen LogP contribution < -0.4 is 10.6 Å². The van der Waals surface area contributed by atoms with Gasteiger partial charge in [-0.3, -0.25) is 4.79 Å². The minimum atomic E-state index is -1.02. The minimum absolute atomic E-state index is 0.161. The Kier molecular flexibility index (Phi) is 4.93. The Labute approximate surface area is 149 Å². The van der Waals surface area contributed by atoms with Crippen molar-refractivity contribution in [2.45, 2.75) is 13.8 Å². The largest absolute Gasteiger partial charge is 0.354 e. The first-order valence-electron chi connectivity index (χ1n) is 8.00. The van der Waals surface area contributed by atoms with Crippen LogP contribution in [-0.2, 0) is 0 Å². The van der Waals surface area contributed by atoms with Crippen LogP contribution >= 0.6 is 0 Å². The van der Waals surface area contributed by atoms with Crippen molar-refractivity contribution in [2.75, 3.05) is 10.6 Å². The summed E-state index contributed by atoms with van der Waals surface area (Å²) in [5, 5.41) is 5.77. The van der Waals surface area contributed by atoms with Crippen LogP contribution in [0.2, 0.25) is 0 Å². The van der Waals surface area contributed by atoms with Crippen molar-refractivity contribution in [1.29, 1.82) is 0 Å². The molecule has 1 amide bonds. The van der Waals surface area contributed by atoms with Crippen molar-refractivity contribution in [2.24, 2.45) is 0 Å². The van der Waals surface area contributed by atoms with E-state index in [0.29, 0.717) is 0 Å². The van der Waals surface area contributed by atoms with E-state index in [2.05, 4.69) is 15.6 Å². The Hall–Kier alpha value is -3.28. The summed E-state index contributed by atoms with van der Waals surface area (Å²) in [5.74, 6) is -2.50. The third-order valence-electron chi connectivity index (χ3n) is 3.92. The number of halogens is 2. The van der Waals surface area contributed by atoms with E-state index >= 15 is 0 Å². The van der Waals surface area contributed by atoms with Gasteiger partial charge in [0.2, 0.25) is 0 Å². The Morgan fingerprint density at radius 2 is 1.62 bits per heavy atom. The fraction of sp³-hybridized carbons (Fsp3) is 0.100. The standard InChI is InChI=1S/C20H17F2N3O/c1-12-4-3-5-13(2)19(12)24-15-7-9-18(23-11-15)20(26)25-14-6-8-16(21)17(22)10-14/h3-11,24H,1-2H3,(H,25,26). The van der Waals surface area contributed by atoms with Gasteiger partial charge in [-0.2, -0.15) is 0 Å². The maximum Gasteiger partial charge on any atom is 0.274 e. The molecule has 6 heteroatoms. The number of nitrogens with one attached hydrogen (secondary N) is 2. The molecule has 0 saturated carbocycles.